The molecule has 3 aliphatic carbocycles. The fourth-order valence-corrected chi connectivity index (χ4v) is 7.65. The van der Waals surface area contributed by atoms with Crippen LogP contribution in [0.2, 0.25) is 0 Å². The Morgan fingerprint density at radius 1 is 1.25 bits per heavy atom. The Morgan fingerprint density at radius 2 is 2.00 bits per heavy atom. The lowest BCUT2D eigenvalue weighted by atomic mass is 9.60. The summed E-state index contributed by atoms with van der Waals surface area (Å²) in [6, 6.07) is 0. The lowest BCUT2D eigenvalue weighted by Crippen LogP contribution is -2.49. The van der Waals surface area contributed by atoms with Crippen LogP contribution in [0.25, 0.3) is 0 Å². The van der Waals surface area contributed by atoms with Crippen LogP contribution >= 0.6 is 0 Å². The van der Waals surface area contributed by atoms with Gasteiger partial charge in [0.15, 0.2) is 0 Å². The molecule has 3 heteroatoms. The Balaban J connectivity index is 1.46. The van der Waals surface area contributed by atoms with Gasteiger partial charge in [0, 0.05) is 5.41 Å². The van der Waals surface area contributed by atoms with Crippen molar-refractivity contribution in [3.05, 3.63) is 35.5 Å². The Morgan fingerprint density at radius 3 is 2.66 bits per heavy atom. The molecule has 5 atom stereocenters. The maximum atomic E-state index is 10.5. The normalized spacial score (nSPS) is 38.2. The molecule has 1 saturated heterocycles. The Bertz CT molecular complexity index is 766. The van der Waals surface area contributed by atoms with E-state index in [2.05, 4.69) is 32.6 Å². The van der Waals surface area contributed by atoms with Crippen LogP contribution in [0.5, 0.6) is 0 Å². The number of fused-ring (bicyclic) bond motifs is 1. The molecule has 0 aromatic carbocycles. The van der Waals surface area contributed by atoms with E-state index in [4.69, 9.17) is 4.74 Å². The summed E-state index contributed by atoms with van der Waals surface area (Å²) in [7, 11) is 0. The number of rotatable bonds is 6. The Kier molecular flexibility index (Phi) is 6.85. The quantitative estimate of drug-likeness (QED) is 0.503. The third-order valence-electron chi connectivity index (χ3n) is 9.54. The highest BCUT2D eigenvalue weighted by Gasteiger charge is 2.50. The fraction of sp³-hybridized carbons (Fsp3) is 0.793. The molecular formula is C29H46O3. The Labute approximate surface area is 196 Å². The second kappa shape index (κ2) is 9.04. The topological polar surface area (TPSA) is 49.7 Å². The Hall–Kier alpha value is -0.900. The highest BCUT2D eigenvalue weighted by molar-refractivity contribution is 5.42. The number of hydrogen-bond acceptors (Lipinski definition) is 3. The van der Waals surface area contributed by atoms with E-state index < -0.39 is 5.60 Å². The zero-order chi connectivity index (χ0) is 23.1. The summed E-state index contributed by atoms with van der Waals surface area (Å²) in [5, 5.41) is 20.5. The van der Waals surface area contributed by atoms with Crippen molar-refractivity contribution in [1.82, 2.24) is 0 Å². The molecule has 0 amide bonds. The largest absolute Gasteiger partial charge is 0.393 e. The van der Waals surface area contributed by atoms with Gasteiger partial charge < -0.3 is 14.9 Å². The summed E-state index contributed by atoms with van der Waals surface area (Å²) in [5.41, 5.74) is 3.92. The van der Waals surface area contributed by atoms with Crippen LogP contribution in [-0.2, 0) is 4.74 Å². The molecule has 1 aliphatic heterocycles. The van der Waals surface area contributed by atoms with Crippen molar-refractivity contribution in [3.8, 4) is 0 Å². The molecule has 1 heterocycles. The number of hydrogen-bond donors (Lipinski definition) is 2. The molecule has 3 saturated carbocycles. The standard InChI is InChI=1S/C29H46O3/c1-20(8-6-14-27(3,4)31)25-12-13-26-22(9-7-15-28(25,26)5)10-11-23-16-24(30)17-29(21(23)2)18-32-19-29/h10-11,20,24-26,30-31H,2,6-9,12-19H2,1,3-5H3/b22-10+,23-11-/t20-,24-,25-,26+,28-/m1/s1. The van der Waals surface area contributed by atoms with Crippen LogP contribution in [0.1, 0.15) is 91.9 Å². The van der Waals surface area contributed by atoms with Crippen LogP contribution in [0.3, 0.4) is 0 Å². The minimum absolute atomic E-state index is 0.0138. The molecule has 0 bridgehead atoms. The van der Waals surface area contributed by atoms with Crippen molar-refractivity contribution in [2.75, 3.05) is 13.2 Å². The van der Waals surface area contributed by atoms with E-state index in [1.165, 1.54) is 49.7 Å². The zero-order valence-corrected chi connectivity index (χ0v) is 21.0. The van der Waals surface area contributed by atoms with Gasteiger partial charge in [-0.05, 0) is 99.5 Å². The van der Waals surface area contributed by atoms with E-state index in [-0.39, 0.29) is 11.5 Å². The zero-order valence-electron chi connectivity index (χ0n) is 21.0. The molecular weight excluding hydrogens is 396 g/mol. The minimum atomic E-state index is -0.545. The van der Waals surface area contributed by atoms with Crippen LogP contribution < -0.4 is 0 Å². The maximum Gasteiger partial charge on any atom is 0.0591 e. The van der Waals surface area contributed by atoms with Gasteiger partial charge in [-0.1, -0.05) is 51.0 Å². The lowest BCUT2D eigenvalue weighted by Gasteiger charge is -2.48. The average Bonchev–Trinajstić information content (AvgIpc) is 3.03. The van der Waals surface area contributed by atoms with Gasteiger partial charge in [0.05, 0.1) is 24.9 Å². The smallest absolute Gasteiger partial charge is 0.0591 e. The molecule has 0 aromatic rings. The maximum absolute atomic E-state index is 10.5. The summed E-state index contributed by atoms with van der Waals surface area (Å²) in [6.45, 7) is 14.7. The average molecular weight is 443 g/mol. The minimum Gasteiger partial charge on any atom is -0.393 e. The van der Waals surface area contributed by atoms with Gasteiger partial charge in [-0.15, -0.1) is 0 Å². The predicted molar refractivity (Wildman–Crippen MR) is 131 cm³/mol. The SMILES string of the molecule is C=C1/C(=C\C=C2/CCC[C@]3(C)[C@@H]([C@H](C)CCCC(C)(C)O)CC[C@@H]23)C[C@@H](O)CC12COC2. The summed E-state index contributed by atoms with van der Waals surface area (Å²) < 4.78 is 5.50. The van der Waals surface area contributed by atoms with Crippen molar-refractivity contribution in [3.63, 3.8) is 0 Å². The first kappa shape index (κ1) is 24.2. The summed E-state index contributed by atoms with van der Waals surface area (Å²) in [5.74, 6) is 2.20. The molecule has 0 aromatic heterocycles. The van der Waals surface area contributed by atoms with Crippen molar-refractivity contribution in [1.29, 1.82) is 0 Å². The van der Waals surface area contributed by atoms with Crippen molar-refractivity contribution < 1.29 is 14.9 Å². The van der Waals surface area contributed by atoms with E-state index >= 15 is 0 Å². The molecule has 4 rings (SSSR count). The van der Waals surface area contributed by atoms with E-state index in [1.807, 2.05) is 13.8 Å². The molecule has 32 heavy (non-hydrogen) atoms. The summed E-state index contributed by atoms with van der Waals surface area (Å²) in [4.78, 5) is 0. The van der Waals surface area contributed by atoms with Gasteiger partial charge in [0.2, 0.25) is 0 Å². The van der Waals surface area contributed by atoms with Crippen molar-refractivity contribution in [2.45, 2.75) is 104 Å². The monoisotopic (exact) mass is 442 g/mol. The molecule has 4 fully saturated rings. The number of aliphatic hydroxyl groups is 2. The first-order chi connectivity index (χ1) is 15.0. The molecule has 180 valence electrons. The van der Waals surface area contributed by atoms with E-state index in [0.717, 1.165) is 37.5 Å². The first-order valence-corrected chi connectivity index (χ1v) is 13.1. The summed E-state index contributed by atoms with van der Waals surface area (Å²) >= 11 is 0. The molecule has 4 aliphatic rings. The highest BCUT2D eigenvalue weighted by atomic mass is 16.5. The first-order valence-electron chi connectivity index (χ1n) is 13.1. The molecule has 2 N–H and O–H groups in total. The lowest BCUT2D eigenvalue weighted by molar-refractivity contribution is -0.114. The van der Waals surface area contributed by atoms with Gasteiger partial charge >= 0.3 is 0 Å². The number of aliphatic hydroxyl groups excluding tert-OH is 1. The fourth-order valence-electron chi connectivity index (χ4n) is 7.65. The van der Waals surface area contributed by atoms with Crippen molar-refractivity contribution in [2.24, 2.45) is 28.6 Å². The molecule has 0 unspecified atom stereocenters. The van der Waals surface area contributed by atoms with Gasteiger partial charge in [0.1, 0.15) is 0 Å². The predicted octanol–water partition coefficient (Wildman–Crippen LogP) is 6.36. The van der Waals surface area contributed by atoms with E-state index in [0.29, 0.717) is 24.5 Å². The van der Waals surface area contributed by atoms with Crippen molar-refractivity contribution >= 4 is 0 Å². The van der Waals surface area contributed by atoms with Crippen LogP contribution in [0.4, 0.5) is 0 Å². The number of ether oxygens (including phenoxy) is 1. The third-order valence-corrected chi connectivity index (χ3v) is 9.54. The van der Waals surface area contributed by atoms with Gasteiger partial charge in [0.25, 0.3) is 0 Å². The van der Waals surface area contributed by atoms with Crippen LogP contribution in [0.15, 0.2) is 35.5 Å². The van der Waals surface area contributed by atoms with E-state index in [1.54, 1.807) is 5.57 Å². The summed E-state index contributed by atoms with van der Waals surface area (Å²) in [6.07, 6.45) is 15.7. The van der Waals surface area contributed by atoms with Crippen LogP contribution in [0, 0.1) is 28.6 Å². The van der Waals surface area contributed by atoms with Crippen LogP contribution in [-0.4, -0.2) is 35.1 Å². The van der Waals surface area contributed by atoms with Gasteiger partial charge in [-0.25, -0.2) is 0 Å². The molecule has 0 radical (unpaired) electrons. The van der Waals surface area contributed by atoms with Gasteiger partial charge in [-0.3, -0.25) is 0 Å². The highest BCUT2D eigenvalue weighted by Crippen LogP contribution is 2.60. The second-order valence-electron chi connectivity index (χ2n) is 12.5. The third kappa shape index (κ3) is 4.68. The van der Waals surface area contributed by atoms with Gasteiger partial charge in [-0.2, -0.15) is 0 Å². The molecule has 3 nitrogen and oxygen atoms in total. The second-order valence-corrected chi connectivity index (χ2v) is 12.5. The van der Waals surface area contributed by atoms with E-state index in [9.17, 15) is 10.2 Å². The molecule has 1 spiro atoms. The number of allylic oxidation sites excluding steroid dienone is 3.